The standard InChI is InChI=1S/C15H18FN3O/c1-20-15-9-12(3-4-13(15)16)14-10-19(11-17-14)8-7-18-5-2-6-18/h3-4,9-11H,2,5-8H2,1H3. The van der Waals surface area contributed by atoms with Gasteiger partial charge in [0.05, 0.1) is 19.1 Å². The Morgan fingerprint density at radius 1 is 1.30 bits per heavy atom. The van der Waals surface area contributed by atoms with Crippen molar-refractivity contribution in [2.24, 2.45) is 0 Å². The lowest BCUT2D eigenvalue weighted by Gasteiger charge is -2.30. The summed E-state index contributed by atoms with van der Waals surface area (Å²) in [6.07, 6.45) is 5.13. The molecule has 1 aliphatic heterocycles. The zero-order chi connectivity index (χ0) is 13.9. The van der Waals surface area contributed by atoms with Crippen LogP contribution in [0.5, 0.6) is 5.75 Å². The first-order valence-corrected chi connectivity index (χ1v) is 6.84. The summed E-state index contributed by atoms with van der Waals surface area (Å²) in [5, 5.41) is 0. The minimum Gasteiger partial charge on any atom is -0.494 e. The van der Waals surface area contributed by atoms with Crippen molar-refractivity contribution < 1.29 is 9.13 Å². The van der Waals surface area contributed by atoms with E-state index in [0.29, 0.717) is 0 Å². The Labute approximate surface area is 117 Å². The molecule has 2 aromatic rings. The van der Waals surface area contributed by atoms with Gasteiger partial charge in [-0.15, -0.1) is 0 Å². The highest BCUT2D eigenvalue weighted by Gasteiger charge is 2.13. The molecule has 1 aromatic heterocycles. The maximum atomic E-state index is 13.4. The number of methoxy groups -OCH3 is 1. The molecule has 0 amide bonds. The smallest absolute Gasteiger partial charge is 0.165 e. The van der Waals surface area contributed by atoms with Gasteiger partial charge in [-0.1, -0.05) is 0 Å². The van der Waals surface area contributed by atoms with Crippen LogP contribution in [0, 0.1) is 5.82 Å². The highest BCUT2D eigenvalue weighted by atomic mass is 19.1. The second kappa shape index (κ2) is 5.63. The molecule has 1 saturated heterocycles. The predicted octanol–water partition coefficient (Wildman–Crippen LogP) is 2.40. The lowest BCUT2D eigenvalue weighted by Crippen LogP contribution is -2.39. The SMILES string of the molecule is COc1cc(-c2cn(CCN3CCC3)cn2)ccc1F. The van der Waals surface area contributed by atoms with Crippen molar-refractivity contribution in [1.29, 1.82) is 0 Å². The fourth-order valence-electron chi connectivity index (χ4n) is 2.31. The number of ether oxygens (including phenoxy) is 1. The van der Waals surface area contributed by atoms with Crippen LogP contribution in [0.4, 0.5) is 4.39 Å². The Balaban J connectivity index is 1.71. The van der Waals surface area contributed by atoms with Gasteiger partial charge in [-0.2, -0.15) is 0 Å². The maximum absolute atomic E-state index is 13.4. The van der Waals surface area contributed by atoms with Crippen LogP contribution in [0.15, 0.2) is 30.7 Å². The number of nitrogens with zero attached hydrogens (tertiary/aromatic N) is 3. The molecule has 0 atom stereocenters. The van der Waals surface area contributed by atoms with E-state index in [1.165, 1.54) is 32.7 Å². The van der Waals surface area contributed by atoms with Crippen LogP contribution >= 0.6 is 0 Å². The molecule has 1 aromatic carbocycles. The highest BCUT2D eigenvalue weighted by molar-refractivity contribution is 5.60. The fourth-order valence-corrected chi connectivity index (χ4v) is 2.31. The zero-order valence-corrected chi connectivity index (χ0v) is 11.6. The lowest BCUT2D eigenvalue weighted by molar-refractivity contribution is 0.174. The molecule has 20 heavy (non-hydrogen) atoms. The summed E-state index contributed by atoms with van der Waals surface area (Å²) in [6, 6.07) is 4.81. The minimum atomic E-state index is -0.353. The largest absolute Gasteiger partial charge is 0.494 e. The Morgan fingerprint density at radius 3 is 2.85 bits per heavy atom. The van der Waals surface area contributed by atoms with Crippen LogP contribution in [0.2, 0.25) is 0 Å². The molecule has 5 heteroatoms. The van der Waals surface area contributed by atoms with Crippen LogP contribution in [-0.2, 0) is 6.54 Å². The van der Waals surface area contributed by atoms with E-state index in [1.807, 2.05) is 12.5 Å². The molecule has 4 nitrogen and oxygen atoms in total. The van der Waals surface area contributed by atoms with Gasteiger partial charge in [-0.25, -0.2) is 9.37 Å². The van der Waals surface area contributed by atoms with Crippen molar-refractivity contribution in [3.8, 4) is 17.0 Å². The molecular weight excluding hydrogens is 257 g/mol. The maximum Gasteiger partial charge on any atom is 0.165 e. The Hall–Kier alpha value is -1.88. The summed E-state index contributed by atoms with van der Waals surface area (Å²) >= 11 is 0. The van der Waals surface area contributed by atoms with Crippen molar-refractivity contribution in [1.82, 2.24) is 14.5 Å². The van der Waals surface area contributed by atoms with E-state index in [4.69, 9.17) is 4.74 Å². The summed E-state index contributed by atoms with van der Waals surface area (Å²) in [7, 11) is 1.47. The van der Waals surface area contributed by atoms with Gasteiger partial charge < -0.3 is 14.2 Å². The molecule has 0 unspecified atom stereocenters. The first-order valence-electron chi connectivity index (χ1n) is 6.84. The average Bonchev–Trinajstić information content (AvgIpc) is 2.86. The van der Waals surface area contributed by atoms with Crippen LogP contribution in [0.1, 0.15) is 6.42 Å². The third-order valence-corrected chi connectivity index (χ3v) is 3.70. The molecule has 106 valence electrons. The van der Waals surface area contributed by atoms with E-state index < -0.39 is 0 Å². The number of hydrogen-bond donors (Lipinski definition) is 0. The first-order chi connectivity index (χ1) is 9.76. The lowest BCUT2D eigenvalue weighted by atomic mass is 10.1. The summed E-state index contributed by atoms with van der Waals surface area (Å²) in [4.78, 5) is 6.80. The van der Waals surface area contributed by atoms with Gasteiger partial charge in [0.15, 0.2) is 11.6 Å². The summed E-state index contributed by atoms with van der Waals surface area (Å²) < 4.78 is 20.5. The molecule has 0 bridgehead atoms. The van der Waals surface area contributed by atoms with E-state index in [2.05, 4.69) is 14.5 Å². The van der Waals surface area contributed by atoms with Gasteiger partial charge in [0.25, 0.3) is 0 Å². The highest BCUT2D eigenvalue weighted by Crippen LogP contribution is 2.25. The molecule has 1 aliphatic rings. The molecule has 1 fully saturated rings. The van der Waals surface area contributed by atoms with Gasteiger partial charge in [0.2, 0.25) is 0 Å². The molecular formula is C15H18FN3O. The topological polar surface area (TPSA) is 30.3 Å². The van der Waals surface area contributed by atoms with Gasteiger partial charge in [-0.3, -0.25) is 0 Å². The number of likely N-dealkylation sites (tertiary alicyclic amines) is 1. The van der Waals surface area contributed by atoms with Crippen molar-refractivity contribution >= 4 is 0 Å². The van der Waals surface area contributed by atoms with Crippen molar-refractivity contribution in [3.63, 3.8) is 0 Å². The number of imidazole rings is 1. The Morgan fingerprint density at radius 2 is 2.15 bits per heavy atom. The van der Waals surface area contributed by atoms with Gasteiger partial charge in [-0.05, 0) is 37.7 Å². The first kappa shape index (κ1) is 13.1. The van der Waals surface area contributed by atoms with Gasteiger partial charge >= 0.3 is 0 Å². The monoisotopic (exact) mass is 275 g/mol. The van der Waals surface area contributed by atoms with Gasteiger partial charge in [0.1, 0.15) is 0 Å². The van der Waals surface area contributed by atoms with Crippen molar-refractivity contribution in [2.45, 2.75) is 13.0 Å². The zero-order valence-electron chi connectivity index (χ0n) is 11.6. The molecule has 0 radical (unpaired) electrons. The third kappa shape index (κ3) is 2.67. The normalized spacial score (nSPS) is 15.1. The third-order valence-electron chi connectivity index (χ3n) is 3.70. The quantitative estimate of drug-likeness (QED) is 0.839. The number of benzene rings is 1. The number of halogens is 1. The second-order valence-electron chi connectivity index (χ2n) is 5.04. The Bertz CT molecular complexity index is 593. The predicted molar refractivity (Wildman–Crippen MR) is 75.2 cm³/mol. The Kier molecular flexibility index (Phi) is 3.69. The number of hydrogen-bond acceptors (Lipinski definition) is 3. The van der Waals surface area contributed by atoms with Crippen molar-refractivity contribution in [3.05, 3.63) is 36.5 Å². The molecule has 0 N–H and O–H groups in total. The van der Waals surface area contributed by atoms with E-state index in [-0.39, 0.29) is 11.6 Å². The molecule has 3 rings (SSSR count). The number of rotatable bonds is 5. The van der Waals surface area contributed by atoms with Crippen LogP contribution in [-0.4, -0.2) is 41.2 Å². The summed E-state index contributed by atoms with van der Waals surface area (Å²) in [5.41, 5.74) is 1.71. The van der Waals surface area contributed by atoms with Gasteiger partial charge in [0, 0.05) is 24.8 Å². The molecule has 2 heterocycles. The van der Waals surface area contributed by atoms with E-state index in [9.17, 15) is 4.39 Å². The van der Waals surface area contributed by atoms with Crippen LogP contribution in [0.3, 0.4) is 0 Å². The van der Waals surface area contributed by atoms with Crippen LogP contribution in [0.25, 0.3) is 11.3 Å². The van der Waals surface area contributed by atoms with Crippen molar-refractivity contribution in [2.75, 3.05) is 26.7 Å². The average molecular weight is 275 g/mol. The molecule has 0 aliphatic carbocycles. The molecule has 0 saturated carbocycles. The number of aromatic nitrogens is 2. The minimum absolute atomic E-state index is 0.248. The second-order valence-corrected chi connectivity index (χ2v) is 5.04. The summed E-state index contributed by atoms with van der Waals surface area (Å²) in [5.74, 6) is -0.105. The van der Waals surface area contributed by atoms with Crippen LogP contribution < -0.4 is 4.74 Å². The summed E-state index contributed by atoms with van der Waals surface area (Å²) in [6.45, 7) is 4.40. The fraction of sp³-hybridized carbons (Fsp3) is 0.400. The van der Waals surface area contributed by atoms with E-state index in [0.717, 1.165) is 24.3 Å². The van der Waals surface area contributed by atoms with E-state index >= 15 is 0 Å². The van der Waals surface area contributed by atoms with E-state index in [1.54, 1.807) is 12.1 Å². The molecule has 0 spiro atoms.